The molecular formula is C15H18N2. The second kappa shape index (κ2) is 5.60. The summed E-state index contributed by atoms with van der Waals surface area (Å²) < 4.78 is 0. The van der Waals surface area contributed by atoms with Crippen molar-refractivity contribution in [2.24, 2.45) is 0 Å². The maximum absolute atomic E-state index is 4.41. The second-order valence-corrected chi connectivity index (χ2v) is 4.29. The van der Waals surface area contributed by atoms with Gasteiger partial charge in [0, 0.05) is 6.20 Å². The summed E-state index contributed by atoms with van der Waals surface area (Å²) in [5.74, 6) is 0. The van der Waals surface area contributed by atoms with Gasteiger partial charge in [-0.15, -0.1) is 0 Å². The van der Waals surface area contributed by atoms with Crippen LogP contribution >= 0.6 is 0 Å². The summed E-state index contributed by atoms with van der Waals surface area (Å²) in [6.07, 6.45) is 2.81. The lowest BCUT2D eigenvalue weighted by molar-refractivity contribution is 0.576. The van der Waals surface area contributed by atoms with E-state index < -0.39 is 0 Å². The predicted molar refractivity (Wildman–Crippen MR) is 70.9 cm³/mol. The van der Waals surface area contributed by atoms with Gasteiger partial charge in [-0.1, -0.05) is 35.9 Å². The van der Waals surface area contributed by atoms with E-state index in [4.69, 9.17) is 0 Å². The molecule has 0 radical (unpaired) electrons. The Morgan fingerprint density at radius 2 is 2.06 bits per heavy atom. The maximum atomic E-state index is 4.41. The van der Waals surface area contributed by atoms with Gasteiger partial charge in [0.05, 0.1) is 11.7 Å². The average Bonchev–Trinajstić information content (AvgIpc) is 2.37. The summed E-state index contributed by atoms with van der Waals surface area (Å²) in [5, 5.41) is 3.32. The van der Waals surface area contributed by atoms with Gasteiger partial charge in [-0.2, -0.15) is 0 Å². The van der Waals surface area contributed by atoms with Crippen molar-refractivity contribution in [3.63, 3.8) is 0 Å². The van der Waals surface area contributed by atoms with Gasteiger partial charge in [0.25, 0.3) is 0 Å². The third kappa shape index (κ3) is 3.14. The van der Waals surface area contributed by atoms with Crippen LogP contribution in [0.2, 0.25) is 0 Å². The topological polar surface area (TPSA) is 24.9 Å². The summed E-state index contributed by atoms with van der Waals surface area (Å²) >= 11 is 0. The summed E-state index contributed by atoms with van der Waals surface area (Å²) in [6, 6.07) is 14.9. The molecule has 0 fully saturated rings. The minimum Gasteiger partial charge on any atom is -0.311 e. The molecule has 1 heterocycles. The first-order valence-electron chi connectivity index (χ1n) is 5.93. The fraction of sp³-hybridized carbons (Fsp3) is 0.267. The van der Waals surface area contributed by atoms with Crippen LogP contribution in [0, 0.1) is 6.92 Å². The molecule has 0 saturated carbocycles. The first-order valence-corrected chi connectivity index (χ1v) is 5.93. The summed E-state index contributed by atoms with van der Waals surface area (Å²) in [4.78, 5) is 4.41. The molecule has 0 aliphatic carbocycles. The molecule has 0 aliphatic heterocycles. The fourth-order valence-electron chi connectivity index (χ4n) is 2.01. The molecule has 0 saturated heterocycles. The number of likely N-dealkylation sites (N-methyl/N-ethyl adjacent to an activating group) is 1. The van der Waals surface area contributed by atoms with E-state index >= 15 is 0 Å². The normalized spacial score (nSPS) is 12.4. The minimum absolute atomic E-state index is 0.276. The van der Waals surface area contributed by atoms with E-state index in [-0.39, 0.29) is 6.04 Å². The van der Waals surface area contributed by atoms with Crippen LogP contribution in [0.3, 0.4) is 0 Å². The van der Waals surface area contributed by atoms with E-state index in [9.17, 15) is 0 Å². The quantitative estimate of drug-likeness (QED) is 0.867. The van der Waals surface area contributed by atoms with E-state index in [1.54, 1.807) is 0 Å². The Kier molecular flexibility index (Phi) is 3.89. The van der Waals surface area contributed by atoms with Gasteiger partial charge in [-0.25, -0.2) is 0 Å². The van der Waals surface area contributed by atoms with Crippen LogP contribution in [0.15, 0.2) is 48.7 Å². The minimum atomic E-state index is 0.276. The molecule has 0 aliphatic rings. The van der Waals surface area contributed by atoms with Crippen LogP contribution in [-0.4, -0.2) is 12.0 Å². The Morgan fingerprint density at radius 1 is 1.18 bits per heavy atom. The third-order valence-electron chi connectivity index (χ3n) is 2.92. The molecule has 17 heavy (non-hydrogen) atoms. The van der Waals surface area contributed by atoms with Crippen molar-refractivity contribution in [2.45, 2.75) is 19.4 Å². The van der Waals surface area contributed by atoms with E-state index in [1.807, 2.05) is 25.4 Å². The lowest BCUT2D eigenvalue weighted by atomic mass is 10.0. The first kappa shape index (κ1) is 11.8. The number of pyridine rings is 1. The van der Waals surface area contributed by atoms with Crippen molar-refractivity contribution in [3.8, 4) is 0 Å². The van der Waals surface area contributed by atoms with Crippen molar-refractivity contribution in [1.82, 2.24) is 10.3 Å². The first-order chi connectivity index (χ1) is 8.29. The second-order valence-electron chi connectivity index (χ2n) is 4.29. The molecule has 2 nitrogen and oxygen atoms in total. The van der Waals surface area contributed by atoms with Crippen molar-refractivity contribution < 1.29 is 0 Å². The van der Waals surface area contributed by atoms with E-state index in [1.165, 1.54) is 11.1 Å². The van der Waals surface area contributed by atoms with Gasteiger partial charge in [0.15, 0.2) is 0 Å². The molecule has 1 aromatic heterocycles. The zero-order valence-corrected chi connectivity index (χ0v) is 10.4. The van der Waals surface area contributed by atoms with Crippen LogP contribution in [-0.2, 0) is 6.42 Å². The fourth-order valence-corrected chi connectivity index (χ4v) is 2.01. The summed E-state index contributed by atoms with van der Waals surface area (Å²) in [5.41, 5.74) is 3.74. The molecule has 1 unspecified atom stereocenters. The number of hydrogen-bond acceptors (Lipinski definition) is 2. The number of aromatic nitrogens is 1. The van der Waals surface area contributed by atoms with Gasteiger partial charge in [-0.05, 0) is 38.1 Å². The van der Waals surface area contributed by atoms with Crippen LogP contribution < -0.4 is 5.32 Å². The molecule has 0 bridgehead atoms. The van der Waals surface area contributed by atoms with Gasteiger partial charge >= 0.3 is 0 Å². The number of hydrogen-bond donors (Lipinski definition) is 1. The van der Waals surface area contributed by atoms with Crippen LogP contribution in [0.5, 0.6) is 0 Å². The Morgan fingerprint density at radius 3 is 2.71 bits per heavy atom. The van der Waals surface area contributed by atoms with Crippen molar-refractivity contribution in [3.05, 3.63) is 65.5 Å². The summed E-state index contributed by atoms with van der Waals surface area (Å²) in [7, 11) is 1.98. The van der Waals surface area contributed by atoms with Crippen molar-refractivity contribution in [1.29, 1.82) is 0 Å². The van der Waals surface area contributed by atoms with E-state index in [0.29, 0.717) is 0 Å². The smallest absolute Gasteiger partial charge is 0.0576 e. The van der Waals surface area contributed by atoms with Crippen molar-refractivity contribution >= 4 is 0 Å². The molecule has 2 aromatic rings. The maximum Gasteiger partial charge on any atom is 0.0576 e. The third-order valence-corrected chi connectivity index (χ3v) is 2.92. The highest BCUT2D eigenvalue weighted by atomic mass is 14.9. The van der Waals surface area contributed by atoms with Crippen molar-refractivity contribution in [2.75, 3.05) is 7.05 Å². The molecule has 1 atom stereocenters. The monoisotopic (exact) mass is 226 g/mol. The highest BCUT2D eigenvalue weighted by molar-refractivity contribution is 5.24. The van der Waals surface area contributed by atoms with E-state index in [2.05, 4.69) is 47.6 Å². The Labute approximate surface area is 103 Å². The molecular weight excluding hydrogens is 208 g/mol. The molecule has 0 spiro atoms. The average molecular weight is 226 g/mol. The van der Waals surface area contributed by atoms with Gasteiger partial charge in [-0.3, -0.25) is 4.98 Å². The zero-order valence-electron chi connectivity index (χ0n) is 10.4. The molecule has 88 valence electrons. The number of benzene rings is 1. The van der Waals surface area contributed by atoms with Crippen LogP contribution in [0.1, 0.15) is 22.9 Å². The number of nitrogens with one attached hydrogen (secondary N) is 1. The highest BCUT2D eigenvalue weighted by Gasteiger charge is 2.10. The van der Waals surface area contributed by atoms with E-state index in [0.717, 1.165) is 12.1 Å². The number of aryl methyl sites for hydroxylation is 1. The van der Waals surface area contributed by atoms with Gasteiger partial charge in [0.2, 0.25) is 0 Å². The Balaban J connectivity index is 2.16. The predicted octanol–water partition coefficient (Wildman–Crippen LogP) is 2.89. The standard InChI is InChI=1S/C15H18N2/c1-12-6-5-7-13(10-12)11-15(16-2)14-8-3-4-9-17-14/h3-10,15-16H,11H2,1-2H3. The molecule has 2 heteroatoms. The summed E-state index contributed by atoms with van der Waals surface area (Å²) in [6.45, 7) is 2.12. The van der Waals surface area contributed by atoms with Gasteiger partial charge < -0.3 is 5.32 Å². The molecule has 2 rings (SSSR count). The SMILES string of the molecule is CNC(Cc1cccc(C)c1)c1ccccn1. The Hall–Kier alpha value is -1.67. The van der Waals surface area contributed by atoms with Crippen LogP contribution in [0.4, 0.5) is 0 Å². The highest BCUT2D eigenvalue weighted by Crippen LogP contribution is 2.16. The molecule has 1 aromatic carbocycles. The lowest BCUT2D eigenvalue weighted by Gasteiger charge is -2.15. The lowest BCUT2D eigenvalue weighted by Crippen LogP contribution is -2.19. The largest absolute Gasteiger partial charge is 0.311 e. The molecule has 0 amide bonds. The number of rotatable bonds is 4. The zero-order chi connectivity index (χ0) is 12.1. The Bertz CT molecular complexity index is 465. The molecule has 1 N–H and O–H groups in total. The van der Waals surface area contributed by atoms with Crippen LogP contribution in [0.25, 0.3) is 0 Å². The number of nitrogens with zero attached hydrogens (tertiary/aromatic N) is 1. The van der Waals surface area contributed by atoms with Gasteiger partial charge in [0.1, 0.15) is 0 Å².